The Kier molecular flexibility index (Phi) is 3.59. The molecule has 0 atom stereocenters. The predicted octanol–water partition coefficient (Wildman–Crippen LogP) is 1.80. The van der Waals surface area contributed by atoms with Crippen LogP contribution in [0.1, 0.15) is 20.9 Å². The Morgan fingerprint density at radius 3 is 2.81 bits per heavy atom. The lowest BCUT2D eigenvalue weighted by Gasteiger charge is -2.13. The molecule has 0 amide bonds. The Balaban J connectivity index is 1.99. The molecule has 8 nitrogen and oxygen atoms in total. The average molecular weight is 380 g/mol. The number of nitrogens with zero attached hydrogens (tertiary/aromatic N) is 2. The summed E-state index contributed by atoms with van der Waals surface area (Å²) >= 11 is 0. The molecular weight excluding hydrogens is 358 g/mol. The molecule has 0 saturated carbocycles. The summed E-state index contributed by atoms with van der Waals surface area (Å²) < 4.78 is 57.7. The number of sulfone groups is 1. The molecular formula is C17H19N3O5S. The van der Waals surface area contributed by atoms with E-state index < -0.39 is 22.6 Å². The van der Waals surface area contributed by atoms with Gasteiger partial charge in [0.15, 0.2) is 6.20 Å². The molecule has 0 spiro atoms. The van der Waals surface area contributed by atoms with E-state index in [1.165, 1.54) is 31.5 Å². The standard InChI is InChI=1S/C17H19N3O5S/c1-10-8-20(21)15(11(2)16(10)25-4)9-26(22,23)17-18-13-6-5-12(24-3)7-14(13)19-17/h5-8H,9H2,1-4H3,(H,18,19)/i3D3. The Bertz CT molecular complexity index is 1190. The lowest BCUT2D eigenvalue weighted by molar-refractivity contribution is -0.613. The molecule has 26 heavy (non-hydrogen) atoms. The van der Waals surface area contributed by atoms with Gasteiger partial charge < -0.3 is 19.7 Å². The number of hydrogen-bond donors (Lipinski definition) is 1. The van der Waals surface area contributed by atoms with E-state index in [-0.39, 0.29) is 16.6 Å². The monoisotopic (exact) mass is 380 g/mol. The number of H-pyrrole nitrogens is 1. The molecule has 0 radical (unpaired) electrons. The van der Waals surface area contributed by atoms with Gasteiger partial charge in [-0.3, -0.25) is 0 Å². The molecule has 0 aliphatic carbocycles. The predicted molar refractivity (Wildman–Crippen MR) is 95.0 cm³/mol. The van der Waals surface area contributed by atoms with Crippen LogP contribution < -0.4 is 14.2 Å². The van der Waals surface area contributed by atoms with Crippen molar-refractivity contribution in [3.63, 3.8) is 0 Å². The number of fused-ring (bicyclic) bond motifs is 1. The second-order valence-corrected chi connectivity index (χ2v) is 7.73. The van der Waals surface area contributed by atoms with Gasteiger partial charge in [0.25, 0.3) is 0 Å². The van der Waals surface area contributed by atoms with E-state index in [2.05, 4.69) is 9.97 Å². The van der Waals surface area contributed by atoms with Crippen molar-refractivity contribution in [2.45, 2.75) is 24.8 Å². The highest BCUT2D eigenvalue weighted by Crippen LogP contribution is 2.26. The third-order valence-corrected chi connectivity index (χ3v) is 5.52. The molecule has 3 aromatic rings. The maximum Gasteiger partial charge on any atom is 0.226 e. The highest BCUT2D eigenvalue weighted by atomic mass is 32.2. The van der Waals surface area contributed by atoms with E-state index >= 15 is 0 Å². The number of aromatic nitrogens is 3. The zero-order chi connectivity index (χ0) is 21.6. The fourth-order valence-electron chi connectivity index (χ4n) is 2.81. The lowest BCUT2D eigenvalue weighted by atomic mass is 10.1. The summed E-state index contributed by atoms with van der Waals surface area (Å²) in [5.41, 5.74) is 1.65. The number of ether oxygens (including phenoxy) is 2. The first kappa shape index (κ1) is 14.4. The second kappa shape index (κ2) is 6.49. The van der Waals surface area contributed by atoms with Crippen molar-refractivity contribution in [1.29, 1.82) is 0 Å². The number of imidazole rings is 1. The van der Waals surface area contributed by atoms with Crippen molar-refractivity contribution in [2.75, 3.05) is 14.1 Å². The summed E-state index contributed by atoms with van der Waals surface area (Å²) in [4.78, 5) is 6.71. The second-order valence-electron chi connectivity index (χ2n) is 5.82. The van der Waals surface area contributed by atoms with Crippen molar-refractivity contribution in [3.05, 3.63) is 46.4 Å². The normalized spacial score (nSPS) is 13.9. The molecule has 1 aromatic carbocycles. The summed E-state index contributed by atoms with van der Waals surface area (Å²) in [7, 11) is -5.19. The van der Waals surface area contributed by atoms with Crippen LogP contribution in [0.25, 0.3) is 11.0 Å². The van der Waals surface area contributed by atoms with Crippen LogP contribution >= 0.6 is 0 Å². The Morgan fingerprint density at radius 2 is 2.12 bits per heavy atom. The molecule has 9 heteroatoms. The van der Waals surface area contributed by atoms with Gasteiger partial charge in [-0.15, -0.1) is 0 Å². The Hall–Kier alpha value is -2.81. The van der Waals surface area contributed by atoms with Gasteiger partial charge in [-0.25, -0.2) is 13.4 Å². The molecule has 0 bridgehead atoms. The van der Waals surface area contributed by atoms with Crippen molar-refractivity contribution < 1.29 is 26.7 Å². The smallest absolute Gasteiger partial charge is 0.226 e. The largest absolute Gasteiger partial charge is 0.618 e. The number of hydrogen-bond acceptors (Lipinski definition) is 6. The first-order chi connectivity index (χ1) is 13.4. The Labute approximate surface area is 155 Å². The van der Waals surface area contributed by atoms with Crippen LogP contribution in [0.5, 0.6) is 11.5 Å². The van der Waals surface area contributed by atoms with Crippen molar-refractivity contribution in [2.24, 2.45) is 0 Å². The molecule has 0 saturated heterocycles. The first-order valence-electron chi connectivity index (χ1n) is 9.09. The fraction of sp³-hybridized carbons (Fsp3) is 0.294. The maximum atomic E-state index is 12.9. The maximum absolute atomic E-state index is 12.9. The van der Waals surface area contributed by atoms with Gasteiger partial charge in [0.2, 0.25) is 20.7 Å². The SMILES string of the molecule is [2H]C([2H])([2H])Oc1ccc2nc(S(=O)(=O)Cc3c(C)c(OC)c(C)c[n+]3[O-])[nH]c2c1. The summed E-state index contributed by atoms with van der Waals surface area (Å²) in [6.45, 7) is 3.30. The number of pyridine rings is 1. The zero-order valence-corrected chi connectivity index (χ0v) is 15.2. The quantitative estimate of drug-likeness (QED) is 0.534. The zero-order valence-electron chi connectivity index (χ0n) is 17.4. The van der Waals surface area contributed by atoms with E-state index in [0.717, 1.165) is 0 Å². The van der Waals surface area contributed by atoms with Crippen LogP contribution in [0.2, 0.25) is 0 Å². The highest BCUT2D eigenvalue weighted by molar-refractivity contribution is 7.90. The van der Waals surface area contributed by atoms with E-state index in [9.17, 15) is 13.6 Å². The highest BCUT2D eigenvalue weighted by Gasteiger charge is 2.28. The van der Waals surface area contributed by atoms with Gasteiger partial charge in [-0.1, -0.05) is 0 Å². The molecule has 3 rings (SSSR count). The molecule has 0 aliphatic rings. The molecule has 0 aliphatic heterocycles. The van der Waals surface area contributed by atoms with E-state index in [1.54, 1.807) is 13.8 Å². The van der Waals surface area contributed by atoms with Gasteiger partial charge in [-0.2, -0.15) is 4.73 Å². The van der Waals surface area contributed by atoms with Crippen molar-refractivity contribution in [1.82, 2.24) is 9.97 Å². The van der Waals surface area contributed by atoms with E-state index in [0.29, 0.717) is 32.6 Å². The summed E-state index contributed by atoms with van der Waals surface area (Å²) in [5, 5.41) is 11.9. The minimum atomic E-state index is -4.00. The molecule has 1 N–H and O–H groups in total. The van der Waals surface area contributed by atoms with Gasteiger partial charge >= 0.3 is 0 Å². The van der Waals surface area contributed by atoms with Crippen LogP contribution in [-0.2, 0) is 15.6 Å². The van der Waals surface area contributed by atoms with Crippen molar-refractivity contribution >= 4 is 20.9 Å². The van der Waals surface area contributed by atoms with E-state index in [4.69, 9.17) is 13.6 Å². The number of rotatable bonds is 5. The third-order valence-electron chi connectivity index (χ3n) is 4.08. The van der Waals surface area contributed by atoms with E-state index in [1.807, 2.05) is 0 Å². The molecule has 2 heterocycles. The minimum absolute atomic E-state index is 0.0272. The van der Waals surface area contributed by atoms with Crippen LogP contribution in [0.4, 0.5) is 0 Å². The summed E-state index contributed by atoms with van der Waals surface area (Å²) in [6.07, 6.45) is 1.26. The third kappa shape index (κ3) is 3.05. The average Bonchev–Trinajstić information content (AvgIpc) is 3.02. The van der Waals surface area contributed by atoms with Crippen LogP contribution in [0, 0.1) is 19.1 Å². The minimum Gasteiger partial charge on any atom is -0.618 e. The van der Waals surface area contributed by atoms with Gasteiger partial charge in [0.05, 0.1) is 40.4 Å². The van der Waals surface area contributed by atoms with Crippen LogP contribution in [0.3, 0.4) is 0 Å². The molecule has 0 fully saturated rings. The number of aromatic amines is 1. The van der Waals surface area contributed by atoms with Gasteiger partial charge in [0.1, 0.15) is 17.3 Å². The number of nitrogens with one attached hydrogen (secondary N) is 1. The summed E-state index contributed by atoms with van der Waals surface area (Å²) in [5.74, 6) is -0.0998. The Morgan fingerprint density at radius 1 is 1.35 bits per heavy atom. The number of aryl methyl sites for hydroxylation is 1. The van der Waals surface area contributed by atoms with Gasteiger partial charge in [0, 0.05) is 6.07 Å². The number of methoxy groups -OCH3 is 2. The lowest BCUT2D eigenvalue weighted by Crippen LogP contribution is -2.35. The van der Waals surface area contributed by atoms with Crippen LogP contribution in [0.15, 0.2) is 29.6 Å². The fourth-order valence-corrected chi connectivity index (χ4v) is 4.16. The van der Waals surface area contributed by atoms with Gasteiger partial charge in [-0.05, 0) is 26.0 Å². The number of benzene rings is 1. The molecule has 2 aromatic heterocycles. The van der Waals surface area contributed by atoms with Crippen molar-refractivity contribution in [3.8, 4) is 11.5 Å². The molecule has 138 valence electrons. The summed E-state index contributed by atoms with van der Waals surface area (Å²) in [6, 6.07) is 4.17. The topological polar surface area (TPSA) is 108 Å². The first-order valence-corrected chi connectivity index (χ1v) is 9.24. The van der Waals surface area contributed by atoms with Crippen LogP contribution in [-0.4, -0.2) is 32.5 Å². The molecule has 0 unspecified atom stereocenters.